The Bertz CT molecular complexity index is 683. The minimum atomic E-state index is -0.321. The third-order valence-electron chi connectivity index (χ3n) is 3.69. The lowest BCUT2D eigenvalue weighted by Gasteiger charge is -2.31. The van der Waals surface area contributed by atoms with Crippen LogP contribution in [0.25, 0.3) is 0 Å². The topological polar surface area (TPSA) is 64.8 Å². The number of hydrogen-bond acceptors (Lipinski definition) is 5. The fourth-order valence-corrected chi connectivity index (χ4v) is 2.54. The van der Waals surface area contributed by atoms with Gasteiger partial charge in [-0.15, -0.1) is 0 Å². The summed E-state index contributed by atoms with van der Waals surface area (Å²) >= 11 is 0. The maximum absolute atomic E-state index is 11.4. The van der Waals surface area contributed by atoms with E-state index in [1.807, 2.05) is 30.3 Å². The van der Waals surface area contributed by atoms with E-state index < -0.39 is 0 Å². The molecular weight excluding hydrogens is 280 g/mol. The van der Waals surface area contributed by atoms with E-state index in [1.54, 1.807) is 12.1 Å². The summed E-state index contributed by atoms with van der Waals surface area (Å²) in [5, 5.41) is 0. The average Bonchev–Trinajstić information content (AvgIpc) is 2.55. The lowest BCUT2D eigenvalue weighted by molar-refractivity contribution is 0.0600. The number of nitrogens with two attached hydrogens (primary N) is 1. The highest BCUT2D eigenvalue weighted by molar-refractivity contribution is 5.89. The van der Waals surface area contributed by atoms with E-state index in [0.717, 1.165) is 30.1 Å². The smallest absolute Gasteiger partial charge is 0.337 e. The Labute approximate surface area is 129 Å². The van der Waals surface area contributed by atoms with Crippen LogP contribution in [0, 0.1) is 0 Å². The lowest BCUT2D eigenvalue weighted by Crippen LogP contribution is -2.32. The van der Waals surface area contributed by atoms with Gasteiger partial charge in [-0.05, 0) is 29.8 Å². The number of esters is 1. The molecular formula is C17H18N2O3. The van der Waals surface area contributed by atoms with Gasteiger partial charge in [0, 0.05) is 18.3 Å². The molecule has 1 aliphatic rings. The molecule has 0 atom stereocenters. The van der Waals surface area contributed by atoms with Gasteiger partial charge in [0.15, 0.2) is 0 Å². The number of ether oxygens (including phenoxy) is 2. The maximum Gasteiger partial charge on any atom is 0.337 e. The van der Waals surface area contributed by atoms with E-state index in [1.165, 1.54) is 7.11 Å². The molecule has 3 rings (SSSR count). The molecule has 0 saturated carbocycles. The average molecular weight is 298 g/mol. The fourth-order valence-electron chi connectivity index (χ4n) is 2.54. The number of methoxy groups -OCH3 is 1. The predicted molar refractivity (Wildman–Crippen MR) is 85.2 cm³/mol. The normalized spacial score (nSPS) is 13.2. The minimum Gasteiger partial charge on any atom is -0.489 e. The first-order valence-electron chi connectivity index (χ1n) is 7.12. The molecule has 0 aromatic heterocycles. The molecule has 0 radical (unpaired) electrons. The van der Waals surface area contributed by atoms with Crippen LogP contribution in [0.15, 0.2) is 42.5 Å². The largest absolute Gasteiger partial charge is 0.489 e. The first kappa shape index (κ1) is 14.3. The molecule has 2 aromatic carbocycles. The molecule has 0 aliphatic carbocycles. The van der Waals surface area contributed by atoms with Gasteiger partial charge in [0.2, 0.25) is 0 Å². The maximum atomic E-state index is 11.4. The first-order chi connectivity index (χ1) is 10.7. The van der Waals surface area contributed by atoms with Crippen LogP contribution < -0.4 is 15.4 Å². The molecule has 114 valence electrons. The molecule has 0 unspecified atom stereocenters. The van der Waals surface area contributed by atoms with Crippen molar-refractivity contribution in [3.63, 3.8) is 0 Å². The third-order valence-corrected chi connectivity index (χ3v) is 3.69. The molecule has 22 heavy (non-hydrogen) atoms. The molecule has 0 saturated heterocycles. The summed E-state index contributed by atoms with van der Waals surface area (Å²) in [6.45, 7) is 2.20. The Hall–Kier alpha value is -2.69. The highest BCUT2D eigenvalue weighted by atomic mass is 16.5. The van der Waals surface area contributed by atoms with E-state index in [2.05, 4.69) is 4.90 Å². The Morgan fingerprint density at radius 3 is 2.77 bits per heavy atom. The van der Waals surface area contributed by atoms with E-state index in [0.29, 0.717) is 17.9 Å². The zero-order chi connectivity index (χ0) is 15.5. The van der Waals surface area contributed by atoms with Crippen molar-refractivity contribution in [3.05, 3.63) is 53.6 Å². The highest BCUT2D eigenvalue weighted by Crippen LogP contribution is 2.34. The molecule has 1 heterocycles. The van der Waals surface area contributed by atoms with Crippen LogP contribution >= 0.6 is 0 Å². The summed E-state index contributed by atoms with van der Waals surface area (Å²) in [5.41, 5.74) is 9.21. The van der Waals surface area contributed by atoms with Crippen LogP contribution in [0.1, 0.15) is 15.9 Å². The number of hydrogen-bond donors (Lipinski definition) is 1. The van der Waals surface area contributed by atoms with Gasteiger partial charge in [0.05, 0.1) is 24.9 Å². The Morgan fingerprint density at radius 2 is 2.05 bits per heavy atom. The summed E-state index contributed by atoms with van der Waals surface area (Å²) < 4.78 is 10.4. The van der Waals surface area contributed by atoms with Crippen LogP contribution in [0.5, 0.6) is 5.75 Å². The van der Waals surface area contributed by atoms with Crippen LogP contribution in [0.3, 0.4) is 0 Å². The molecule has 5 heteroatoms. The summed E-state index contributed by atoms with van der Waals surface area (Å²) in [7, 11) is 1.38. The summed E-state index contributed by atoms with van der Waals surface area (Å²) in [6, 6.07) is 13.2. The number of benzene rings is 2. The molecule has 0 amide bonds. The van der Waals surface area contributed by atoms with Crippen LogP contribution in [-0.2, 0) is 11.3 Å². The fraction of sp³-hybridized carbons (Fsp3) is 0.235. The predicted octanol–water partition coefficient (Wildman–Crippen LogP) is 2.45. The van der Waals surface area contributed by atoms with Crippen molar-refractivity contribution in [2.75, 3.05) is 30.9 Å². The van der Waals surface area contributed by atoms with Crippen molar-refractivity contribution < 1.29 is 14.3 Å². The number of carbonyl (C=O) groups is 1. The SMILES string of the molecule is COC(=O)c1ccc(CN2CCOc3cc(N)ccc32)cc1. The lowest BCUT2D eigenvalue weighted by atomic mass is 10.1. The second kappa shape index (κ2) is 5.97. The van der Waals surface area contributed by atoms with Crippen molar-refractivity contribution in [1.29, 1.82) is 0 Å². The molecule has 0 fully saturated rings. The Kier molecular flexibility index (Phi) is 3.87. The summed E-state index contributed by atoms with van der Waals surface area (Å²) in [6.07, 6.45) is 0. The van der Waals surface area contributed by atoms with Gasteiger partial charge >= 0.3 is 5.97 Å². The van der Waals surface area contributed by atoms with Gasteiger partial charge in [0.25, 0.3) is 0 Å². The number of fused-ring (bicyclic) bond motifs is 1. The van der Waals surface area contributed by atoms with Crippen molar-refractivity contribution in [1.82, 2.24) is 0 Å². The van der Waals surface area contributed by atoms with Gasteiger partial charge in [-0.2, -0.15) is 0 Å². The number of anilines is 2. The third kappa shape index (κ3) is 2.83. The number of nitrogens with zero attached hydrogens (tertiary/aromatic N) is 1. The molecule has 2 aromatic rings. The van der Waals surface area contributed by atoms with Crippen LogP contribution in [0.4, 0.5) is 11.4 Å². The zero-order valence-electron chi connectivity index (χ0n) is 12.4. The molecule has 5 nitrogen and oxygen atoms in total. The van der Waals surface area contributed by atoms with Crippen molar-refractivity contribution >= 4 is 17.3 Å². The Balaban J connectivity index is 1.78. The van der Waals surface area contributed by atoms with E-state index in [-0.39, 0.29) is 5.97 Å². The minimum absolute atomic E-state index is 0.321. The summed E-state index contributed by atoms with van der Waals surface area (Å²) in [5.74, 6) is 0.496. The number of nitrogen functional groups attached to an aromatic ring is 1. The monoisotopic (exact) mass is 298 g/mol. The summed E-state index contributed by atoms with van der Waals surface area (Å²) in [4.78, 5) is 13.7. The molecule has 2 N–H and O–H groups in total. The highest BCUT2D eigenvalue weighted by Gasteiger charge is 2.18. The van der Waals surface area contributed by atoms with Gasteiger partial charge < -0.3 is 20.1 Å². The number of carbonyl (C=O) groups excluding carboxylic acids is 1. The van der Waals surface area contributed by atoms with Crippen molar-refractivity contribution in [2.24, 2.45) is 0 Å². The van der Waals surface area contributed by atoms with Crippen molar-refractivity contribution in [2.45, 2.75) is 6.54 Å². The Morgan fingerprint density at radius 1 is 1.27 bits per heavy atom. The second-order valence-corrected chi connectivity index (χ2v) is 5.19. The molecule has 1 aliphatic heterocycles. The van der Waals surface area contributed by atoms with Gasteiger partial charge in [-0.25, -0.2) is 4.79 Å². The van der Waals surface area contributed by atoms with Gasteiger partial charge in [-0.3, -0.25) is 0 Å². The van der Waals surface area contributed by atoms with E-state index in [9.17, 15) is 4.79 Å². The van der Waals surface area contributed by atoms with E-state index in [4.69, 9.17) is 15.2 Å². The molecule has 0 bridgehead atoms. The van der Waals surface area contributed by atoms with Gasteiger partial charge in [-0.1, -0.05) is 12.1 Å². The first-order valence-corrected chi connectivity index (χ1v) is 7.12. The van der Waals surface area contributed by atoms with E-state index >= 15 is 0 Å². The van der Waals surface area contributed by atoms with Crippen LogP contribution in [-0.4, -0.2) is 26.2 Å². The number of rotatable bonds is 3. The zero-order valence-corrected chi connectivity index (χ0v) is 12.4. The molecule has 0 spiro atoms. The van der Waals surface area contributed by atoms with Crippen molar-refractivity contribution in [3.8, 4) is 5.75 Å². The van der Waals surface area contributed by atoms with Crippen LogP contribution in [0.2, 0.25) is 0 Å². The quantitative estimate of drug-likeness (QED) is 0.696. The second-order valence-electron chi connectivity index (χ2n) is 5.19. The van der Waals surface area contributed by atoms with Gasteiger partial charge in [0.1, 0.15) is 12.4 Å². The standard InChI is InChI=1S/C17H18N2O3/c1-21-17(20)13-4-2-12(3-5-13)11-19-8-9-22-16-10-14(18)6-7-15(16)19/h2-7,10H,8-9,11,18H2,1H3.